The summed E-state index contributed by atoms with van der Waals surface area (Å²) in [4.78, 5) is 4.56. The molecule has 0 atom stereocenters. The molecule has 2 heteroatoms. The predicted octanol–water partition coefficient (Wildman–Crippen LogP) is 5.63. The molecule has 0 unspecified atom stereocenters. The molecule has 2 nitrogen and oxygen atoms in total. The van der Waals surface area contributed by atoms with E-state index in [9.17, 15) is 0 Å². The number of nitrogens with zero attached hydrogens (tertiary/aromatic N) is 1. The molecule has 0 aliphatic carbocycles. The van der Waals surface area contributed by atoms with Gasteiger partial charge in [-0.1, -0.05) is 48.5 Å². The molecule has 0 amide bonds. The molecule has 0 spiro atoms. The maximum Gasteiger partial charge on any atom is 0.120 e. The summed E-state index contributed by atoms with van der Waals surface area (Å²) in [5.74, 6) is 0.850. The second-order valence-corrected chi connectivity index (χ2v) is 5.87. The van der Waals surface area contributed by atoms with Gasteiger partial charge in [-0.3, -0.25) is 4.99 Å². The van der Waals surface area contributed by atoms with E-state index in [2.05, 4.69) is 43.1 Å². The number of rotatable bonds is 5. The number of hydrogen-bond donors (Lipinski definition) is 0. The summed E-state index contributed by atoms with van der Waals surface area (Å²) in [5.41, 5.74) is 5.69. The van der Waals surface area contributed by atoms with Crippen LogP contribution in [-0.2, 0) is 6.61 Å². The van der Waals surface area contributed by atoms with Crippen molar-refractivity contribution in [2.45, 2.75) is 20.5 Å². The molecule has 0 fully saturated rings. The Morgan fingerprint density at radius 1 is 0.833 bits per heavy atom. The van der Waals surface area contributed by atoms with Gasteiger partial charge in [-0.25, -0.2) is 0 Å². The van der Waals surface area contributed by atoms with Gasteiger partial charge in [0.15, 0.2) is 0 Å². The van der Waals surface area contributed by atoms with E-state index in [1.807, 2.05) is 54.7 Å². The monoisotopic (exact) mass is 315 g/mol. The molecule has 3 aromatic carbocycles. The van der Waals surface area contributed by atoms with Crippen molar-refractivity contribution in [1.29, 1.82) is 0 Å². The van der Waals surface area contributed by atoms with Crippen molar-refractivity contribution in [3.63, 3.8) is 0 Å². The Kier molecular flexibility index (Phi) is 5.07. The van der Waals surface area contributed by atoms with Gasteiger partial charge in [0.2, 0.25) is 0 Å². The molecule has 0 bridgehead atoms. The lowest BCUT2D eigenvalue weighted by Crippen LogP contribution is -1.95. The van der Waals surface area contributed by atoms with Crippen LogP contribution in [0.2, 0.25) is 0 Å². The number of hydrogen-bond acceptors (Lipinski definition) is 2. The van der Waals surface area contributed by atoms with E-state index in [-0.39, 0.29) is 0 Å². The van der Waals surface area contributed by atoms with Crippen LogP contribution in [0.5, 0.6) is 5.75 Å². The summed E-state index contributed by atoms with van der Waals surface area (Å²) in [6.07, 6.45) is 1.87. The third kappa shape index (κ3) is 4.32. The van der Waals surface area contributed by atoms with Crippen molar-refractivity contribution < 1.29 is 4.74 Å². The van der Waals surface area contributed by atoms with Crippen molar-refractivity contribution in [3.8, 4) is 5.75 Å². The smallest absolute Gasteiger partial charge is 0.120 e. The van der Waals surface area contributed by atoms with E-state index in [0.29, 0.717) is 6.61 Å². The zero-order chi connectivity index (χ0) is 16.8. The first kappa shape index (κ1) is 16.0. The summed E-state index contributed by atoms with van der Waals surface area (Å²) in [7, 11) is 0. The molecule has 0 heterocycles. The van der Waals surface area contributed by atoms with Gasteiger partial charge in [-0.05, 0) is 60.4 Å². The fraction of sp³-hybridized carbons (Fsp3) is 0.136. The number of aliphatic imine (C=N–C) groups is 1. The number of ether oxygens (including phenoxy) is 1. The molecule has 0 N–H and O–H groups in total. The van der Waals surface area contributed by atoms with Crippen LogP contribution in [-0.4, -0.2) is 6.21 Å². The minimum Gasteiger partial charge on any atom is -0.489 e. The van der Waals surface area contributed by atoms with Gasteiger partial charge < -0.3 is 4.74 Å². The molecule has 3 rings (SSSR count). The normalized spacial score (nSPS) is 10.9. The average Bonchev–Trinajstić information content (AvgIpc) is 2.62. The molecular weight excluding hydrogens is 294 g/mol. The lowest BCUT2D eigenvalue weighted by atomic mass is 10.1. The second kappa shape index (κ2) is 7.60. The minimum atomic E-state index is 0.568. The van der Waals surface area contributed by atoms with Crippen LogP contribution in [0, 0.1) is 13.8 Å². The minimum absolute atomic E-state index is 0.568. The topological polar surface area (TPSA) is 21.6 Å². The van der Waals surface area contributed by atoms with Gasteiger partial charge in [-0.15, -0.1) is 0 Å². The van der Waals surface area contributed by atoms with Crippen molar-refractivity contribution in [3.05, 3.63) is 95.1 Å². The zero-order valence-electron chi connectivity index (χ0n) is 14.1. The molecule has 0 aromatic heterocycles. The van der Waals surface area contributed by atoms with Gasteiger partial charge in [-0.2, -0.15) is 0 Å². The summed E-state index contributed by atoms with van der Waals surface area (Å²) in [5, 5.41) is 0. The van der Waals surface area contributed by atoms with E-state index >= 15 is 0 Å². The van der Waals surface area contributed by atoms with Crippen molar-refractivity contribution in [2.75, 3.05) is 0 Å². The van der Waals surface area contributed by atoms with Crippen molar-refractivity contribution in [2.24, 2.45) is 4.99 Å². The first-order valence-corrected chi connectivity index (χ1v) is 8.09. The fourth-order valence-corrected chi connectivity index (χ4v) is 2.38. The summed E-state index contributed by atoms with van der Waals surface area (Å²) in [6, 6.07) is 24.4. The molecule has 0 saturated heterocycles. The third-order valence-corrected chi connectivity index (χ3v) is 3.96. The third-order valence-electron chi connectivity index (χ3n) is 3.96. The zero-order valence-corrected chi connectivity index (χ0v) is 14.1. The number of benzene rings is 3. The maximum absolute atomic E-state index is 5.86. The molecule has 0 aliphatic heterocycles. The van der Waals surface area contributed by atoms with Gasteiger partial charge in [0, 0.05) is 6.21 Å². The highest BCUT2D eigenvalue weighted by atomic mass is 16.5. The van der Waals surface area contributed by atoms with Crippen LogP contribution in [0.4, 0.5) is 5.69 Å². The highest BCUT2D eigenvalue weighted by molar-refractivity contribution is 5.82. The van der Waals surface area contributed by atoms with Gasteiger partial charge >= 0.3 is 0 Å². The Morgan fingerprint density at radius 3 is 2.46 bits per heavy atom. The van der Waals surface area contributed by atoms with Crippen LogP contribution >= 0.6 is 0 Å². The molecule has 3 aromatic rings. The van der Waals surface area contributed by atoms with Crippen molar-refractivity contribution in [1.82, 2.24) is 0 Å². The second-order valence-electron chi connectivity index (χ2n) is 5.87. The maximum atomic E-state index is 5.86. The van der Waals surface area contributed by atoms with Crippen LogP contribution in [0.15, 0.2) is 77.8 Å². The first-order valence-electron chi connectivity index (χ1n) is 8.09. The summed E-state index contributed by atoms with van der Waals surface area (Å²) < 4.78 is 5.86. The number of aryl methyl sites for hydroxylation is 2. The molecular formula is C22H21NO. The quantitative estimate of drug-likeness (QED) is 0.559. The van der Waals surface area contributed by atoms with E-state index in [0.717, 1.165) is 22.6 Å². The molecule has 0 saturated carbocycles. The molecule has 120 valence electrons. The molecule has 0 radical (unpaired) electrons. The Labute approximate surface area is 143 Å². The van der Waals surface area contributed by atoms with E-state index in [1.54, 1.807) is 0 Å². The SMILES string of the molecule is Cc1ccc(N=Cc2cccc(OCc3ccccc3)c2)cc1C. The molecule has 0 aliphatic rings. The predicted molar refractivity (Wildman–Crippen MR) is 100 cm³/mol. The van der Waals surface area contributed by atoms with Gasteiger partial charge in [0.25, 0.3) is 0 Å². The van der Waals surface area contributed by atoms with Crippen molar-refractivity contribution >= 4 is 11.9 Å². The fourth-order valence-electron chi connectivity index (χ4n) is 2.38. The lowest BCUT2D eigenvalue weighted by Gasteiger charge is -2.06. The van der Waals surface area contributed by atoms with Crippen LogP contribution < -0.4 is 4.74 Å². The Balaban J connectivity index is 1.68. The van der Waals surface area contributed by atoms with E-state index in [1.165, 1.54) is 11.1 Å². The lowest BCUT2D eigenvalue weighted by molar-refractivity contribution is 0.306. The first-order chi connectivity index (χ1) is 11.7. The van der Waals surface area contributed by atoms with Crippen LogP contribution in [0.3, 0.4) is 0 Å². The summed E-state index contributed by atoms with van der Waals surface area (Å²) in [6.45, 7) is 4.78. The molecule has 24 heavy (non-hydrogen) atoms. The Hall–Kier alpha value is -2.87. The van der Waals surface area contributed by atoms with E-state index < -0.39 is 0 Å². The van der Waals surface area contributed by atoms with Crippen LogP contribution in [0.1, 0.15) is 22.3 Å². The Morgan fingerprint density at radius 2 is 1.67 bits per heavy atom. The van der Waals surface area contributed by atoms with Gasteiger partial charge in [0.1, 0.15) is 12.4 Å². The highest BCUT2D eigenvalue weighted by Crippen LogP contribution is 2.18. The largest absolute Gasteiger partial charge is 0.489 e. The standard InChI is InChI=1S/C22H21NO/c1-17-11-12-21(13-18(17)2)23-15-20-9-6-10-22(14-20)24-16-19-7-4-3-5-8-19/h3-15H,16H2,1-2H3. The summed E-state index contributed by atoms with van der Waals surface area (Å²) >= 11 is 0. The van der Waals surface area contributed by atoms with Crippen LogP contribution in [0.25, 0.3) is 0 Å². The van der Waals surface area contributed by atoms with Gasteiger partial charge in [0.05, 0.1) is 5.69 Å². The highest BCUT2D eigenvalue weighted by Gasteiger charge is 1.98. The van der Waals surface area contributed by atoms with E-state index in [4.69, 9.17) is 4.74 Å². The average molecular weight is 315 g/mol. The Bertz CT molecular complexity index is 838.